The predicted molar refractivity (Wildman–Crippen MR) is 82.6 cm³/mol. The number of thiazole rings is 1. The molecule has 0 spiro atoms. The maximum atomic E-state index is 12.0. The number of fused-ring (bicyclic) bond motifs is 1. The van der Waals surface area contributed by atoms with Crippen molar-refractivity contribution < 1.29 is 9.53 Å². The van der Waals surface area contributed by atoms with Crippen LogP contribution in [0.4, 0.5) is 5.13 Å². The number of aromatic amines is 1. The van der Waals surface area contributed by atoms with Crippen LogP contribution in [0.5, 0.6) is 5.75 Å². The van der Waals surface area contributed by atoms with Crippen molar-refractivity contribution in [3.8, 4) is 5.75 Å². The van der Waals surface area contributed by atoms with Gasteiger partial charge in [0.2, 0.25) is 0 Å². The fourth-order valence-corrected chi connectivity index (χ4v) is 3.03. The molecule has 3 aromatic rings. The number of nitrogens with one attached hydrogen (secondary N) is 2. The monoisotopic (exact) mass is 351 g/mol. The first-order chi connectivity index (χ1) is 9.67. The summed E-state index contributed by atoms with van der Waals surface area (Å²) in [5, 5.41) is 3.31. The third-order valence-electron chi connectivity index (χ3n) is 2.71. The van der Waals surface area contributed by atoms with Gasteiger partial charge in [-0.25, -0.2) is 4.98 Å². The van der Waals surface area contributed by atoms with E-state index in [4.69, 9.17) is 4.74 Å². The van der Waals surface area contributed by atoms with Gasteiger partial charge in [0.1, 0.15) is 17.0 Å². The molecule has 2 aromatic heterocycles. The molecular weight excluding hydrogens is 342 g/mol. The Morgan fingerprint density at radius 3 is 3.05 bits per heavy atom. The number of nitrogens with zero attached hydrogens (tertiary/aromatic N) is 1. The summed E-state index contributed by atoms with van der Waals surface area (Å²) in [6.07, 6.45) is 1.70. The van der Waals surface area contributed by atoms with Gasteiger partial charge < -0.3 is 9.72 Å². The van der Waals surface area contributed by atoms with E-state index in [1.165, 1.54) is 11.3 Å². The summed E-state index contributed by atoms with van der Waals surface area (Å²) in [5.41, 5.74) is 1.23. The van der Waals surface area contributed by atoms with Crippen LogP contribution >= 0.6 is 27.3 Å². The predicted octanol–water partition coefficient (Wildman–Crippen LogP) is 3.65. The van der Waals surface area contributed by atoms with Gasteiger partial charge in [-0.3, -0.25) is 10.1 Å². The van der Waals surface area contributed by atoms with E-state index >= 15 is 0 Å². The molecule has 0 atom stereocenters. The van der Waals surface area contributed by atoms with Gasteiger partial charge in [-0.2, -0.15) is 0 Å². The number of para-hydroxylation sites is 1. The van der Waals surface area contributed by atoms with Crippen molar-refractivity contribution in [1.29, 1.82) is 0 Å². The second kappa shape index (κ2) is 5.26. The fraction of sp³-hybridized carbons (Fsp3) is 0.0769. The Hall–Kier alpha value is -1.86. The van der Waals surface area contributed by atoms with E-state index in [0.717, 1.165) is 14.7 Å². The van der Waals surface area contributed by atoms with Crippen LogP contribution in [0.3, 0.4) is 0 Å². The zero-order chi connectivity index (χ0) is 14.1. The highest BCUT2D eigenvalue weighted by Gasteiger charge is 2.13. The number of H-pyrrole nitrogens is 1. The average Bonchev–Trinajstić information content (AvgIpc) is 3.03. The Kier molecular flexibility index (Phi) is 3.45. The summed E-state index contributed by atoms with van der Waals surface area (Å²) in [4.78, 5) is 19.3. The molecule has 0 radical (unpaired) electrons. The number of hydrogen-bond donors (Lipinski definition) is 2. The molecule has 20 heavy (non-hydrogen) atoms. The SMILES string of the molecule is COc1cccc2sc(NC(=O)c3cc(Br)c[nH]3)nc12. The molecule has 0 aliphatic rings. The van der Waals surface area contributed by atoms with Gasteiger partial charge in [0.05, 0.1) is 11.8 Å². The van der Waals surface area contributed by atoms with Gasteiger partial charge >= 0.3 is 0 Å². The summed E-state index contributed by atoms with van der Waals surface area (Å²) >= 11 is 4.70. The smallest absolute Gasteiger partial charge is 0.273 e. The maximum absolute atomic E-state index is 12.0. The molecule has 0 saturated heterocycles. The maximum Gasteiger partial charge on any atom is 0.273 e. The molecule has 102 valence electrons. The number of hydrogen-bond acceptors (Lipinski definition) is 4. The quantitative estimate of drug-likeness (QED) is 0.756. The summed E-state index contributed by atoms with van der Waals surface area (Å²) < 4.78 is 7.05. The van der Waals surface area contributed by atoms with E-state index in [2.05, 4.69) is 31.2 Å². The zero-order valence-electron chi connectivity index (χ0n) is 10.4. The van der Waals surface area contributed by atoms with E-state index in [1.807, 2.05) is 18.2 Å². The molecule has 0 aliphatic heterocycles. The number of anilines is 1. The number of aromatic nitrogens is 2. The van der Waals surface area contributed by atoms with Crippen molar-refractivity contribution >= 4 is 48.5 Å². The number of ether oxygens (including phenoxy) is 1. The van der Waals surface area contributed by atoms with Gasteiger partial charge in [-0.05, 0) is 34.1 Å². The molecule has 0 fully saturated rings. The van der Waals surface area contributed by atoms with Crippen LogP contribution in [0.25, 0.3) is 10.2 Å². The minimum atomic E-state index is -0.228. The highest BCUT2D eigenvalue weighted by atomic mass is 79.9. The molecule has 1 amide bonds. The largest absolute Gasteiger partial charge is 0.494 e. The van der Waals surface area contributed by atoms with Crippen molar-refractivity contribution in [3.63, 3.8) is 0 Å². The minimum Gasteiger partial charge on any atom is -0.494 e. The number of halogens is 1. The molecule has 2 N–H and O–H groups in total. The van der Waals surface area contributed by atoms with Crippen LogP contribution in [0.15, 0.2) is 34.9 Å². The molecular formula is C13H10BrN3O2S. The van der Waals surface area contributed by atoms with E-state index in [-0.39, 0.29) is 5.91 Å². The topological polar surface area (TPSA) is 67.0 Å². The molecule has 0 bridgehead atoms. The molecule has 3 rings (SSSR count). The summed E-state index contributed by atoms with van der Waals surface area (Å²) in [7, 11) is 1.60. The normalized spacial score (nSPS) is 10.7. The number of benzene rings is 1. The summed E-state index contributed by atoms with van der Waals surface area (Å²) in [5.74, 6) is 0.468. The van der Waals surface area contributed by atoms with Gasteiger partial charge in [-0.15, -0.1) is 0 Å². The molecule has 7 heteroatoms. The number of amides is 1. The Morgan fingerprint density at radius 1 is 1.50 bits per heavy atom. The first kappa shape index (κ1) is 13.1. The molecule has 1 aromatic carbocycles. The van der Waals surface area contributed by atoms with Gasteiger partial charge in [0.25, 0.3) is 5.91 Å². The molecule has 2 heterocycles. The van der Waals surface area contributed by atoms with Crippen LogP contribution in [0.2, 0.25) is 0 Å². The second-order valence-corrected chi connectivity index (χ2v) is 5.96. The Morgan fingerprint density at radius 2 is 2.35 bits per heavy atom. The minimum absolute atomic E-state index is 0.228. The standard InChI is InChI=1S/C13H10BrN3O2S/c1-19-9-3-2-4-10-11(9)16-13(20-10)17-12(18)8-5-7(14)6-15-8/h2-6,15H,1H3,(H,16,17,18). The number of rotatable bonds is 3. The lowest BCUT2D eigenvalue weighted by Crippen LogP contribution is -2.11. The van der Waals surface area contributed by atoms with Crippen molar-refractivity contribution in [2.45, 2.75) is 0 Å². The Bertz CT molecular complexity index is 781. The van der Waals surface area contributed by atoms with E-state index in [1.54, 1.807) is 19.4 Å². The van der Waals surface area contributed by atoms with E-state index in [9.17, 15) is 4.79 Å². The molecule has 0 saturated carbocycles. The summed E-state index contributed by atoms with van der Waals surface area (Å²) in [6, 6.07) is 7.39. The average molecular weight is 352 g/mol. The zero-order valence-corrected chi connectivity index (χ0v) is 12.8. The number of methoxy groups -OCH3 is 1. The number of carbonyl (C=O) groups excluding carboxylic acids is 1. The third kappa shape index (κ3) is 2.41. The highest BCUT2D eigenvalue weighted by molar-refractivity contribution is 9.10. The van der Waals surface area contributed by atoms with Crippen LogP contribution in [-0.4, -0.2) is 23.0 Å². The number of carbonyl (C=O) groups is 1. The lowest BCUT2D eigenvalue weighted by atomic mass is 10.3. The fourth-order valence-electron chi connectivity index (χ4n) is 1.80. The van der Waals surface area contributed by atoms with E-state index in [0.29, 0.717) is 16.6 Å². The van der Waals surface area contributed by atoms with Crippen molar-refractivity contribution in [2.75, 3.05) is 12.4 Å². The van der Waals surface area contributed by atoms with Gasteiger partial charge in [0, 0.05) is 10.7 Å². The Labute approximate surface area is 127 Å². The van der Waals surface area contributed by atoms with Crippen LogP contribution in [-0.2, 0) is 0 Å². The third-order valence-corrected chi connectivity index (χ3v) is 4.11. The lowest BCUT2D eigenvalue weighted by Gasteiger charge is -1.98. The Balaban J connectivity index is 1.89. The first-order valence-electron chi connectivity index (χ1n) is 5.76. The summed E-state index contributed by atoms with van der Waals surface area (Å²) in [6.45, 7) is 0. The lowest BCUT2D eigenvalue weighted by molar-refractivity contribution is 0.102. The van der Waals surface area contributed by atoms with Crippen LogP contribution in [0.1, 0.15) is 10.5 Å². The first-order valence-corrected chi connectivity index (χ1v) is 7.37. The van der Waals surface area contributed by atoms with Gasteiger partial charge in [0.15, 0.2) is 5.13 Å². The molecule has 0 unspecified atom stereocenters. The van der Waals surface area contributed by atoms with Crippen molar-refractivity contribution in [2.24, 2.45) is 0 Å². The van der Waals surface area contributed by atoms with Crippen molar-refractivity contribution in [1.82, 2.24) is 9.97 Å². The molecule has 5 nitrogen and oxygen atoms in total. The van der Waals surface area contributed by atoms with Crippen LogP contribution in [0, 0.1) is 0 Å². The van der Waals surface area contributed by atoms with Gasteiger partial charge in [-0.1, -0.05) is 17.4 Å². The molecule has 0 aliphatic carbocycles. The second-order valence-electron chi connectivity index (χ2n) is 4.01. The van der Waals surface area contributed by atoms with Crippen molar-refractivity contribution in [3.05, 3.63) is 40.6 Å². The van der Waals surface area contributed by atoms with E-state index < -0.39 is 0 Å². The van der Waals surface area contributed by atoms with Crippen LogP contribution < -0.4 is 10.1 Å². The highest BCUT2D eigenvalue weighted by Crippen LogP contribution is 2.32.